The summed E-state index contributed by atoms with van der Waals surface area (Å²) < 4.78 is 10.8. The van der Waals surface area contributed by atoms with E-state index in [0.29, 0.717) is 6.54 Å². The number of carbonyl (C=O) groups is 1. The Morgan fingerprint density at radius 1 is 1.14 bits per heavy atom. The average Bonchev–Trinajstić information content (AvgIpc) is 2.74. The molecule has 3 rings (SSSR count). The van der Waals surface area contributed by atoms with Gasteiger partial charge in [-0.3, -0.25) is 4.79 Å². The van der Waals surface area contributed by atoms with Gasteiger partial charge < -0.3 is 24.6 Å². The van der Waals surface area contributed by atoms with Crippen LogP contribution in [0.25, 0.3) is 0 Å². The van der Waals surface area contributed by atoms with Gasteiger partial charge in [-0.25, -0.2) is 0 Å². The quantitative estimate of drug-likeness (QED) is 0.744. The van der Waals surface area contributed by atoms with Crippen LogP contribution >= 0.6 is 0 Å². The molecule has 2 aromatic carbocycles. The smallest absolute Gasteiger partial charge is 0.275 e. The van der Waals surface area contributed by atoms with Gasteiger partial charge >= 0.3 is 0 Å². The van der Waals surface area contributed by atoms with E-state index in [1.165, 1.54) is 16.2 Å². The number of anilines is 1. The molecule has 2 N–H and O–H groups in total. The molecule has 0 radical (unpaired) electrons. The van der Waals surface area contributed by atoms with E-state index in [-0.39, 0.29) is 11.9 Å². The van der Waals surface area contributed by atoms with E-state index in [1.807, 2.05) is 25.1 Å². The minimum Gasteiger partial charge on any atom is -0.497 e. The highest BCUT2D eigenvalue weighted by Gasteiger charge is 2.24. The molecule has 6 heteroatoms. The van der Waals surface area contributed by atoms with Crippen LogP contribution in [-0.4, -0.2) is 52.9 Å². The standard InChI is InChI=1S/C23H31N3O3/c1-17-7-5-6-8-21(17)26-13-11-25(12-14-26)16-23(27)24-18(2)20-15-19(28-3)9-10-22(20)29-4/h5-10,15,18H,11-14,16H2,1-4H3,(H,24,27)/p+1/t18-/m1/s1. The van der Waals surface area contributed by atoms with Crippen LogP contribution in [0.4, 0.5) is 5.69 Å². The van der Waals surface area contributed by atoms with E-state index >= 15 is 0 Å². The van der Waals surface area contributed by atoms with E-state index in [2.05, 4.69) is 41.4 Å². The van der Waals surface area contributed by atoms with Crippen molar-refractivity contribution in [2.75, 3.05) is 51.8 Å². The van der Waals surface area contributed by atoms with Gasteiger partial charge in [0.2, 0.25) is 0 Å². The molecule has 0 aliphatic carbocycles. The molecule has 0 saturated carbocycles. The van der Waals surface area contributed by atoms with Gasteiger partial charge in [-0.05, 0) is 43.7 Å². The first-order chi connectivity index (χ1) is 14.0. The lowest BCUT2D eigenvalue weighted by molar-refractivity contribution is -0.892. The summed E-state index contributed by atoms with van der Waals surface area (Å²) in [7, 11) is 3.27. The molecule has 1 heterocycles. The summed E-state index contributed by atoms with van der Waals surface area (Å²) in [6.07, 6.45) is 0. The number of ether oxygens (including phenoxy) is 2. The van der Waals surface area contributed by atoms with Crippen LogP contribution in [0.3, 0.4) is 0 Å². The van der Waals surface area contributed by atoms with E-state index in [4.69, 9.17) is 9.47 Å². The number of benzene rings is 2. The third-order valence-corrected chi connectivity index (χ3v) is 5.62. The summed E-state index contributed by atoms with van der Waals surface area (Å²) >= 11 is 0. The summed E-state index contributed by atoms with van der Waals surface area (Å²) in [6, 6.07) is 14.0. The number of rotatable bonds is 7. The molecule has 1 aliphatic heterocycles. The Kier molecular flexibility index (Phi) is 6.99. The first-order valence-corrected chi connectivity index (χ1v) is 10.2. The molecular weight excluding hydrogens is 366 g/mol. The average molecular weight is 399 g/mol. The number of aryl methyl sites for hydroxylation is 1. The van der Waals surface area contributed by atoms with Gasteiger partial charge in [0.1, 0.15) is 11.5 Å². The zero-order valence-corrected chi connectivity index (χ0v) is 17.8. The number of nitrogens with zero attached hydrogens (tertiary/aromatic N) is 1. The molecule has 0 unspecified atom stereocenters. The Balaban J connectivity index is 1.53. The number of hydrogen-bond donors (Lipinski definition) is 2. The molecule has 0 spiro atoms. The minimum absolute atomic E-state index is 0.0571. The maximum absolute atomic E-state index is 12.6. The van der Waals surface area contributed by atoms with Crippen LogP contribution in [0.15, 0.2) is 42.5 Å². The summed E-state index contributed by atoms with van der Waals surface area (Å²) in [5.41, 5.74) is 3.52. The van der Waals surface area contributed by atoms with Gasteiger partial charge in [-0.1, -0.05) is 18.2 Å². The third kappa shape index (κ3) is 5.21. The number of para-hydroxylation sites is 1. The SMILES string of the molecule is COc1ccc(OC)c([C@@H](C)NC(=O)C[NH+]2CCN(c3ccccc3C)CC2)c1. The maximum Gasteiger partial charge on any atom is 0.275 e. The van der Waals surface area contributed by atoms with Gasteiger partial charge in [0, 0.05) is 11.3 Å². The van der Waals surface area contributed by atoms with Crippen molar-refractivity contribution >= 4 is 11.6 Å². The number of carbonyl (C=O) groups excluding carboxylic acids is 1. The number of hydrogen-bond acceptors (Lipinski definition) is 4. The van der Waals surface area contributed by atoms with Gasteiger partial charge in [0.25, 0.3) is 5.91 Å². The van der Waals surface area contributed by atoms with Crippen LogP contribution < -0.4 is 24.6 Å². The molecule has 1 atom stereocenters. The lowest BCUT2D eigenvalue weighted by Gasteiger charge is -2.34. The van der Waals surface area contributed by atoms with E-state index in [9.17, 15) is 4.79 Å². The van der Waals surface area contributed by atoms with E-state index in [1.54, 1.807) is 14.2 Å². The van der Waals surface area contributed by atoms with E-state index in [0.717, 1.165) is 43.2 Å². The van der Waals surface area contributed by atoms with Gasteiger partial charge in [0.05, 0.1) is 46.4 Å². The first kappa shape index (κ1) is 21.0. The molecule has 0 aromatic heterocycles. The second kappa shape index (κ2) is 9.65. The van der Waals surface area contributed by atoms with Crippen LogP contribution in [0.2, 0.25) is 0 Å². The molecule has 0 bridgehead atoms. The number of nitrogens with one attached hydrogen (secondary N) is 2. The molecule has 1 saturated heterocycles. The number of methoxy groups -OCH3 is 2. The highest BCUT2D eigenvalue weighted by Crippen LogP contribution is 2.29. The fourth-order valence-electron chi connectivity index (χ4n) is 3.93. The van der Waals surface area contributed by atoms with Gasteiger partial charge in [-0.2, -0.15) is 0 Å². The number of quaternary nitrogens is 1. The highest BCUT2D eigenvalue weighted by atomic mass is 16.5. The van der Waals surface area contributed by atoms with Gasteiger partial charge in [-0.15, -0.1) is 0 Å². The molecule has 1 amide bonds. The van der Waals surface area contributed by atoms with Crippen LogP contribution in [0, 0.1) is 6.92 Å². The predicted octanol–water partition coefficient (Wildman–Crippen LogP) is 1.59. The zero-order valence-electron chi connectivity index (χ0n) is 17.8. The maximum atomic E-state index is 12.6. The summed E-state index contributed by atoms with van der Waals surface area (Å²) in [6.45, 7) is 8.45. The van der Waals surface area contributed by atoms with Crippen LogP contribution in [0.5, 0.6) is 11.5 Å². The topological polar surface area (TPSA) is 55.2 Å². The van der Waals surface area contributed by atoms with Crippen molar-refractivity contribution in [2.24, 2.45) is 0 Å². The fourth-order valence-corrected chi connectivity index (χ4v) is 3.93. The first-order valence-electron chi connectivity index (χ1n) is 10.2. The summed E-state index contributed by atoms with van der Waals surface area (Å²) in [5, 5.41) is 3.11. The van der Waals surface area contributed by atoms with Crippen molar-refractivity contribution in [1.29, 1.82) is 0 Å². The fraction of sp³-hybridized carbons (Fsp3) is 0.435. The monoisotopic (exact) mass is 398 g/mol. The zero-order chi connectivity index (χ0) is 20.8. The summed E-state index contributed by atoms with van der Waals surface area (Å²) in [5.74, 6) is 1.55. The second-order valence-corrected chi connectivity index (χ2v) is 7.60. The van der Waals surface area contributed by atoms with Crippen molar-refractivity contribution < 1.29 is 19.2 Å². The Morgan fingerprint density at radius 3 is 2.52 bits per heavy atom. The number of amides is 1. The normalized spacial score (nSPS) is 15.7. The lowest BCUT2D eigenvalue weighted by atomic mass is 10.1. The lowest BCUT2D eigenvalue weighted by Crippen LogP contribution is -3.16. The van der Waals surface area contributed by atoms with Gasteiger partial charge in [0.15, 0.2) is 6.54 Å². The molecular formula is C23H32N3O3+. The molecule has 29 heavy (non-hydrogen) atoms. The molecule has 2 aromatic rings. The van der Waals surface area contributed by atoms with Crippen molar-refractivity contribution in [1.82, 2.24) is 5.32 Å². The Bertz CT molecular complexity index is 832. The molecule has 1 fully saturated rings. The van der Waals surface area contributed by atoms with Crippen molar-refractivity contribution in [2.45, 2.75) is 19.9 Å². The third-order valence-electron chi connectivity index (χ3n) is 5.62. The van der Waals surface area contributed by atoms with Crippen molar-refractivity contribution in [3.05, 3.63) is 53.6 Å². The second-order valence-electron chi connectivity index (χ2n) is 7.60. The van der Waals surface area contributed by atoms with E-state index < -0.39 is 0 Å². The minimum atomic E-state index is -0.153. The van der Waals surface area contributed by atoms with Crippen LogP contribution in [0.1, 0.15) is 24.1 Å². The Morgan fingerprint density at radius 2 is 1.86 bits per heavy atom. The van der Waals surface area contributed by atoms with Crippen molar-refractivity contribution in [3.8, 4) is 11.5 Å². The number of piperazine rings is 1. The van der Waals surface area contributed by atoms with Crippen molar-refractivity contribution in [3.63, 3.8) is 0 Å². The largest absolute Gasteiger partial charge is 0.497 e. The predicted molar refractivity (Wildman–Crippen MR) is 115 cm³/mol. The molecule has 156 valence electrons. The van der Waals surface area contributed by atoms with Crippen LogP contribution in [-0.2, 0) is 4.79 Å². The highest BCUT2D eigenvalue weighted by molar-refractivity contribution is 5.77. The molecule has 6 nitrogen and oxygen atoms in total. The Hall–Kier alpha value is -2.73. The summed E-state index contributed by atoms with van der Waals surface area (Å²) in [4.78, 5) is 16.4. The molecule has 1 aliphatic rings. The Labute approximate surface area is 173 Å².